The molecule has 2 aliphatic carbocycles. The largest absolute Gasteiger partial charge is 0.385 e. The van der Waals surface area contributed by atoms with Crippen molar-refractivity contribution in [2.75, 3.05) is 0 Å². The van der Waals surface area contributed by atoms with E-state index >= 15 is 0 Å². The molecule has 0 aromatic heterocycles. The molecule has 0 bridgehead atoms. The zero-order chi connectivity index (χ0) is 10.0. The standard InChI is InChI=1S/C13H22O/c1-11-9-13(14,10-11)12-7-5-3-2-4-6-8-12/h7,11,14H,2-6,8-10H2,1H3. The molecule has 0 atom stereocenters. The first-order valence-electron chi connectivity index (χ1n) is 6.13. The third-order valence-corrected chi connectivity index (χ3v) is 3.76. The fourth-order valence-electron chi connectivity index (χ4n) is 2.97. The lowest BCUT2D eigenvalue weighted by atomic mass is 9.66. The van der Waals surface area contributed by atoms with Gasteiger partial charge < -0.3 is 5.11 Å². The van der Waals surface area contributed by atoms with E-state index in [1.807, 2.05) is 0 Å². The van der Waals surface area contributed by atoms with Crippen LogP contribution in [0.15, 0.2) is 11.6 Å². The molecule has 1 saturated carbocycles. The van der Waals surface area contributed by atoms with Crippen LogP contribution in [0.5, 0.6) is 0 Å². The number of hydrogen-bond acceptors (Lipinski definition) is 1. The summed E-state index contributed by atoms with van der Waals surface area (Å²) in [6.07, 6.45) is 12.0. The van der Waals surface area contributed by atoms with Gasteiger partial charge in [-0.15, -0.1) is 0 Å². The van der Waals surface area contributed by atoms with Gasteiger partial charge in [-0.05, 0) is 50.0 Å². The highest BCUT2D eigenvalue weighted by atomic mass is 16.3. The van der Waals surface area contributed by atoms with Crippen LogP contribution >= 0.6 is 0 Å². The summed E-state index contributed by atoms with van der Waals surface area (Å²) in [5.41, 5.74) is 0.965. The van der Waals surface area contributed by atoms with Gasteiger partial charge in [0.05, 0.1) is 5.60 Å². The van der Waals surface area contributed by atoms with Crippen molar-refractivity contribution in [1.29, 1.82) is 0 Å². The molecule has 1 nitrogen and oxygen atoms in total. The quantitative estimate of drug-likeness (QED) is 0.634. The SMILES string of the molecule is CC1CC(O)(C2=CCCCCCC2)C1. The lowest BCUT2D eigenvalue weighted by Crippen LogP contribution is -2.44. The number of aliphatic hydroxyl groups is 1. The third-order valence-electron chi connectivity index (χ3n) is 3.76. The van der Waals surface area contributed by atoms with Crippen LogP contribution in [0.25, 0.3) is 0 Å². The molecule has 0 saturated heterocycles. The molecule has 0 spiro atoms. The van der Waals surface area contributed by atoms with Crippen molar-refractivity contribution in [1.82, 2.24) is 0 Å². The second kappa shape index (κ2) is 4.06. The lowest BCUT2D eigenvalue weighted by Gasteiger charge is -2.44. The van der Waals surface area contributed by atoms with Gasteiger partial charge in [-0.3, -0.25) is 0 Å². The van der Waals surface area contributed by atoms with Crippen LogP contribution in [0.3, 0.4) is 0 Å². The summed E-state index contributed by atoms with van der Waals surface area (Å²) in [6.45, 7) is 2.23. The van der Waals surface area contributed by atoms with E-state index in [9.17, 15) is 5.11 Å². The van der Waals surface area contributed by atoms with E-state index in [1.54, 1.807) is 0 Å². The Hall–Kier alpha value is -0.300. The summed E-state index contributed by atoms with van der Waals surface area (Å²) >= 11 is 0. The van der Waals surface area contributed by atoms with Crippen molar-refractivity contribution in [3.63, 3.8) is 0 Å². The molecule has 80 valence electrons. The first-order valence-corrected chi connectivity index (χ1v) is 6.13. The maximum absolute atomic E-state index is 10.4. The average Bonchev–Trinajstić information content (AvgIpc) is 1.99. The molecule has 1 fully saturated rings. The van der Waals surface area contributed by atoms with Gasteiger partial charge in [-0.2, -0.15) is 0 Å². The van der Waals surface area contributed by atoms with Crippen LogP contribution in [0.2, 0.25) is 0 Å². The number of hydrogen-bond donors (Lipinski definition) is 1. The highest BCUT2D eigenvalue weighted by molar-refractivity contribution is 5.21. The fraction of sp³-hybridized carbons (Fsp3) is 0.846. The van der Waals surface area contributed by atoms with Crippen molar-refractivity contribution < 1.29 is 5.11 Å². The van der Waals surface area contributed by atoms with Crippen molar-refractivity contribution in [3.8, 4) is 0 Å². The predicted octanol–water partition coefficient (Wildman–Crippen LogP) is 3.43. The highest BCUT2D eigenvalue weighted by Crippen LogP contribution is 2.44. The Bertz CT molecular complexity index is 223. The Kier molecular flexibility index (Phi) is 2.96. The van der Waals surface area contributed by atoms with E-state index < -0.39 is 5.60 Å². The Balaban J connectivity index is 2.00. The summed E-state index contributed by atoms with van der Waals surface area (Å²) in [5.74, 6) is 0.728. The molecule has 2 aliphatic rings. The summed E-state index contributed by atoms with van der Waals surface area (Å²) < 4.78 is 0. The maximum atomic E-state index is 10.4. The summed E-state index contributed by atoms with van der Waals surface area (Å²) in [5, 5.41) is 10.4. The third kappa shape index (κ3) is 2.03. The summed E-state index contributed by atoms with van der Waals surface area (Å²) in [7, 11) is 0. The van der Waals surface area contributed by atoms with Gasteiger partial charge in [0.25, 0.3) is 0 Å². The molecule has 2 rings (SSSR count). The zero-order valence-corrected chi connectivity index (χ0v) is 9.26. The predicted molar refractivity (Wildman–Crippen MR) is 59.1 cm³/mol. The van der Waals surface area contributed by atoms with Gasteiger partial charge in [0.2, 0.25) is 0 Å². The van der Waals surface area contributed by atoms with Crippen molar-refractivity contribution in [2.24, 2.45) is 5.92 Å². The molecule has 0 heterocycles. The van der Waals surface area contributed by atoms with E-state index in [2.05, 4.69) is 13.0 Å². The van der Waals surface area contributed by atoms with Gasteiger partial charge in [-0.1, -0.05) is 25.8 Å². The zero-order valence-electron chi connectivity index (χ0n) is 9.26. The van der Waals surface area contributed by atoms with Crippen LogP contribution in [0.4, 0.5) is 0 Å². The molecule has 1 N–H and O–H groups in total. The van der Waals surface area contributed by atoms with Gasteiger partial charge in [0.1, 0.15) is 0 Å². The molecule has 0 radical (unpaired) electrons. The van der Waals surface area contributed by atoms with Crippen molar-refractivity contribution in [3.05, 3.63) is 11.6 Å². The first-order chi connectivity index (χ1) is 6.71. The average molecular weight is 194 g/mol. The Labute approximate surface area is 87.2 Å². The van der Waals surface area contributed by atoms with Crippen LogP contribution in [0, 0.1) is 5.92 Å². The van der Waals surface area contributed by atoms with Crippen LogP contribution < -0.4 is 0 Å². The van der Waals surface area contributed by atoms with E-state index in [1.165, 1.54) is 37.7 Å². The Morgan fingerprint density at radius 3 is 2.64 bits per heavy atom. The fourth-order valence-corrected chi connectivity index (χ4v) is 2.97. The summed E-state index contributed by atoms with van der Waals surface area (Å²) in [4.78, 5) is 0. The molecular weight excluding hydrogens is 172 g/mol. The van der Waals surface area contributed by atoms with Gasteiger partial charge in [-0.25, -0.2) is 0 Å². The molecule has 0 aromatic rings. The normalized spacial score (nSPS) is 39.3. The molecular formula is C13H22O. The maximum Gasteiger partial charge on any atom is 0.0861 e. The Morgan fingerprint density at radius 1 is 1.21 bits per heavy atom. The van der Waals surface area contributed by atoms with E-state index in [0.29, 0.717) is 0 Å². The molecule has 1 heteroatoms. The van der Waals surface area contributed by atoms with Crippen LogP contribution in [0.1, 0.15) is 58.3 Å². The minimum Gasteiger partial charge on any atom is -0.385 e. The molecule has 0 unspecified atom stereocenters. The second-order valence-electron chi connectivity index (χ2n) is 5.23. The highest BCUT2D eigenvalue weighted by Gasteiger charge is 2.42. The Morgan fingerprint density at radius 2 is 1.93 bits per heavy atom. The second-order valence-corrected chi connectivity index (χ2v) is 5.23. The monoisotopic (exact) mass is 194 g/mol. The van der Waals surface area contributed by atoms with Crippen LogP contribution in [-0.2, 0) is 0 Å². The van der Waals surface area contributed by atoms with Gasteiger partial charge >= 0.3 is 0 Å². The van der Waals surface area contributed by atoms with Gasteiger partial charge in [0, 0.05) is 0 Å². The van der Waals surface area contributed by atoms with Gasteiger partial charge in [0.15, 0.2) is 0 Å². The van der Waals surface area contributed by atoms with Crippen LogP contribution in [-0.4, -0.2) is 10.7 Å². The molecule has 0 aliphatic heterocycles. The minimum atomic E-state index is -0.392. The minimum absolute atomic E-state index is 0.392. The smallest absolute Gasteiger partial charge is 0.0861 e. The van der Waals surface area contributed by atoms with E-state index in [-0.39, 0.29) is 0 Å². The number of allylic oxidation sites excluding steroid dienone is 1. The van der Waals surface area contributed by atoms with Crippen molar-refractivity contribution in [2.45, 2.75) is 63.9 Å². The first kappa shape index (κ1) is 10.2. The molecule has 0 amide bonds. The topological polar surface area (TPSA) is 20.2 Å². The van der Waals surface area contributed by atoms with E-state index in [0.717, 1.165) is 25.2 Å². The molecule has 14 heavy (non-hydrogen) atoms. The van der Waals surface area contributed by atoms with E-state index in [4.69, 9.17) is 0 Å². The molecule has 0 aromatic carbocycles. The number of rotatable bonds is 1. The summed E-state index contributed by atoms with van der Waals surface area (Å²) in [6, 6.07) is 0. The lowest BCUT2D eigenvalue weighted by molar-refractivity contribution is -0.0376. The van der Waals surface area contributed by atoms with Crippen molar-refractivity contribution >= 4 is 0 Å².